The molecule has 1 atom stereocenters. The Morgan fingerprint density at radius 2 is 1.55 bits per heavy atom. The molecule has 0 aliphatic carbocycles. The third-order valence-electron chi connectivity index (χ3n) is 3.36. The van der Waals surface area contributed by atoms with Crippen LogP contribution in [0, 0.1) is 31.3 Å². The van der Waals surface area contributed by atoms with E-state index < -0.39 is 23.5 Å². The number of nitrogens with one attached hydrogen (secondary N) is 1. The van der Waals surface area contributed by atoms with Crippen molar-refractivity contribution in [1.82, 2.24) is 5.43 Å². The third-order valence-corrected chi connectivity index (χ3v) is 3.36. The van der Waals surface area contributed by atoms with Gasteiger partial charge in [-0.05, 0) is 30.5 Å². The summed E-state index contributed by atoms with van der Waals surface area (Å²) in [7, 11) is 0. The van der Waals surface area contributed by atoms with Crippen LogP contribution in [0.1, 0.15) is 28.3 Å². The van der Waals surface area contributed by atoms with Crippen molar-refractivity contribution >= 4 is 0 Å². The molecule has 0 aromatic heterocycles. The highest BCUT2D eigenvalue weighted by molar-refractivity contribution is 5.38. The van der Waals surface area contributed by atoms with E-state index in [1.165, 1.54) is 0 Å². The molecule has 3 N–H and O–H groups in total. The molecule has 0 bridgehead atoms. The number of rotatable bonds is 3. The maximum absolute atomic E-state index is 13.8. The minimum Gasteiger partial charge on any atom is -0.271 e. The molecule has 5 heteroatoms. The van der Waals surface area contributed by atoms with Crippen LogP contribution in [0.15, 0.2) is 30.3 Å². The second-order valence-corrected chi connectivity index (χ2v) is 4.73. The Morgan fingerprint density at radius 3 is 2.05 bits per heavy atom. The van der Waals surface area contributed by atoms with Crippen molar-refractivity contribution in [2.75, 3.05) is 0 Å². The molecule has 0 saturated carbocycles. The molecule has 1 unspecified atom stereocenters. The van der Waals surface area contributed by atoms with Gasteiger partial charge in [-0.15, -0.1) is 0 Å². The van der Waals surface area contributed by atoms with Gasteiger partial charge in [-0.25, -0.2) is 18.6 Å². The summed E-state index contributed by atoms with van der Waals surface area (Å²) in [4.78, 5) is 0. The minimum atomic E-state index is -0.969. The molecular formula is C15H15F3N2. The summed E-state index contributed by atoms with van der Waals surface area (Å²) in [6.45, 7) is 3.83. The lowest BCUT2D eigenvalue weighted by Gasteiger charge is -2.19. The molecule has 0 aliphatic heterocycles. The van der Waals surface area contributed by atoms with Crippen LogP contribution in [0.25, 0.3) is 0 Å². The van der Waals surface area contributed by atoms with Gasteiger partial charge in [0, 0.05) is 17.7 Å². The van der Waals surface area contributed by atoms with Crippen molar-refractivity contribution in [3.05, 3.63) is 70.0 Å². The van der Waals surface area contributed by atoms with E-state index in [-0.39, 0.29) is 5.56 Å². The molecule has 20 heavy (non-hydrogen) atoms. The van der Waals surface area contributed by atoms with E-state index >= 15 is 0 Å². The van der Waals surface area contributed by atoms with E-state index in [0.29, 0.717) is 17.7 Å². The van der Waals surface area contributed by atoms with Gasteiger partial charge in [-0.3, -0.25) is 5.84 Å². The molecule has 2 aromatic rings. The number of nitrogens with two attached hydrogens (primary N) is 1. The second kappa shape index (κ2) is 5.64. The monoisotopic (exact) mass is 280 g/mol. The fourth-order valence-electron chi connectivity index (χ4n) is 2.12. The van der Waals surface area contributed by atoms with Crippen LogP contribution in [0.5, 0.6) is 0 Å². The van der Waals surface area contributed by atoms with Crippen LogP contribution in [0.4, 0.5) is 13.2 Å². The Balaban J connectivity index is 2.55. The molecule has 0 fully saturated rings. The standard InChI is InChI=1S/C15H15F3N2/c1-8-3-4-10(5-9(8)2)15(20-19)14-12(17)6-11(16)7-13(14)18/h3-7,15,20H,19H2,1-2H3. The van der Waals surface area contributed by atoms with Gasteiger partial charge in [0.2, 0.25) is 0 Å². The van der Waals surface area contributed by atoms with Gasteiger partial charge in [0.1, 0.15) is 17.5 Å². The van der Waals surface area contributed by atoms with Gasteiger partial charge in [0.25, 0.3) is 0 Å². The van der Waals surface area contributed by atoms with Crippen molar-refractivity contribution in [2.45, 2.75) is 19.9 Å². The fourth-order valence-corrected chi connectivity index (χ4v) is 2.12. The van der Waals surface area contributed by atoms with E-state index in [1.54, 1.807) is 12.1 Å². The summed E-state index contributed by atoms with van der Waals surface area (Å²) < 4.78 is 40.6. The quantitative estimate of drug-likeness (QED) is 0.669. The Kier molecular flexibility index (Phi) is 4.11. The Morgan fingerprint density at radius 1 is 0.950 bits per heavy atom. The average molecular weight is 280 g/mol. The highest BCUT2D eigenvalue weighted by atomic mass is 19.1. The van der Waals surface area contributed by atoms with Gasteiger partial charge in [0.15, 0.2) is 0 Å². The van der Waals surface area contributed by atoms with Crippen LogP contribution in [-0.2, 0) is 0 Å². The molecular weight excluding hydrogens is 265 g/mol. The Labute approximate surface area is 115 Å². The van der Waals surface area contributed by atoms with Crippen molar-refractivity contribution in [1.29, 1.82) is 0 Å². The average Bonchev–Trinajstić information content (AvgIpc) is 2.37. The molecule has 0 amide bonds. The lowest BCUT2D eigenvalue weighted by Crippen LogP contribution is -2.30. The smallest absolute Gasteiger partial charge is 0.134 e. The van der Waals surface area contributed by atoms with Gasteiger partial charge >= 0.3 is 0 Å². The number of aryl methyl sites for hydroxylation is 2. The van der Waals surface area contributed by atoms with E-state index in [0.717, 1.165) is 11.1 Å². The van der Waals surface area contributed by atoms with E-state index in [2.05, 4.69) is 5.43 Å². The number of benzene rings is 2. The van der Waals surface area contributed by atoms with Gasteiger partial charge in [-0.2, -0.15) is 0 Å². The number of hydrogen-bond acceptors (Lipinski definition) is 2. The molecule has 106 valence electrons. The first-order chi connectivity index (χ1) is 9.43. The third kappa shape index (κ3) is 2.69. The SMILES string of the molecule is Cc1ccc(C(NN)c2c(F)cc(F)cc2F)cc1C. The lowest BCUT2D eigenvalue weighted by atomic mass is 9.95. The number of hydrogen-bond donors (Lipinski definition) is 2. The Bertz CT molecular complexity index is 618. The topological polar surface area (TPSA) is 38.0 Å². The summed E-state index contributed by atoms with van der Waals surface area (Å²) in [6.07, 6.45) is 0. The highest BCUT2D eigenvalue weighted by Crippen LogP contribution is 2.28. The van der Waals surface area contributed by atoms with Gasteiger partial charge in [0.05, 0.1) is 6.04 Å². The number of halogens is 3. The van der Waals surface area contributed by atoms with Gasteiger partial charge in [-0.1, -0.05) is 18.2 Å². The minimum absolute atomic E-state index is 0.294. The Hall–Kier alpha value is -1.85. The predicted octanol–water partition coefficient (Wildman–Crippen LogP) is 3.27. The highest BCUT2D eigenvalue weighted by Gasteiger charge is 2.22. The van der Waals surface area contributed by atoms with Crippen LogP contribution in [-0.4, -0.2) is 0 Å². The van der Waals surface area contributed by atoms with Crippen molar-refractivity contribution in [2.24, 2.45) is 5.84 Å². The molecule has 2 rings (SSSR count). The molecule has 2 aromatic carbocycles. The zero-order valence-electron chi connectivity index (χ0n) is 11.2. The molecule has 0 saturated heterocycles. The molecule has 2 nitrogen and oxygen atoms in total. The maximum atomic E-state index is 13.8. The first-order valence-corrected chi connectivity index (χ1v) is 6.11. The van der Waals surface area contributed by atoms with Crippen molar-refractivity contribution in [3.8, 4) is 0 Å². The summed E-state index contributed by atoms with van der Waals surface area (Å²) >= 11 is 0. The van der Waals surface area contributed by atoms with E-state index in [1.807, 2.05) is 19.9 Å². The summed E-state index contributed by atoms with van der Waals surface area (Å²) in [5, 5.41) is 0. The lowest BCUT2D eigenvalue weighted by molar-refractivity contribution is 0.492. The second-order valence-electron chi connectivity index (χ2n) is 4.73. The van der Waals surface area contributed by atoms with Crippen molar-refractivity contribution in [3.63, 3.8) is 0 Å². The predicted molar refractivity (Wildman–Crippen MR) is 71.4 cm³/mol. The summed E-state index contributed by atoms with van der Waals surface area (Å²) in [5.74, 6) is 2.53. The van der Waals surface area contributed by atoms with Crippen LogP contribution >= 0.6 is 0 Å². The normalized spacial score (nSPS) is 12.5. The van der Waals surface area contributed by atoms with E-state index in [4.69, 9.17) is 5.84 Å². The first kappa shape index (κ1) is 14.6. The summed E-state index contributed by atoms with van der Waals surface area (Å²) in [6, 6.07) is 5.77. The summed E-state index contributed by atoms with van der Waals surface area (Å²) in [5.41, 5.74) is 4.73. The van der Waals surface area contributed by atoms with E-state index in [9.17, 15) is 13.2 Å². The molecule has 0 radical (unpaired) electrons. The molecule has 0 spiro atoms. The fraction of sp³-hybridized carbons (Fsp3) is 0.200. The largest absolute Gasteiger partial charge is 0.271 e. The van der Waals surface area contributed by atoms with Crippen molar-refractivity contribution < 1.29 is 13.2 Å². The van der Waals surface area contributed by atoms with Crippen LogP contribution < -0.4 is 11.3 Å². The molecule has 0 heterocycles. The number of hydrazine groups is 1. The van der Waals surface area contributed by atoms with Crippen LogP contribution in [0.2, 0.25) is 0 Å². The van der Waals surface area contributed by atoms with Gasteiger partial charge < -0.3 is 0 Å². The maximum Gasteiger partial charge on any atom is 0.134 e. The molecule has 0 aliphatic rings. The zero-order chi connectivity index (χ0) is 14.9. The van der Waals surface area contributed by atoms with Crippen LogP contribution in [0.3, 0.4) is 0 Å². The first-order valence-electron chi connectivity index (χ1n) is 6.11. The zero-order valence-corrected chi connectivity index (χ0v) is 11.2.